The number of thiazole rings is 1. The van der Waals surface area contributed by atoms with Crippen LogP contribution in [0.1, 0.15) is 17.4 Å². The van der Waals surface area contributed by atoms with Gasteiger partial charge in [-0.25, -0.2) is 4.98 Å². The topological polar surface area (TPSA) is 68.5 Å². The number of benzene rings is 1. The minimum atomic E-state index is -0.191. The molecule has 1 atom stereocenters. The summed E-state index contributed by atoms with van der Waals surface area (Å²) in [5.41, 5.74) is 2.10. The van der Waals surface area contributed by atoms with Gasteiger partial charge in [0, 0.05) is 23.3 Å². The Balaban J connectivity index is 1.46. The molecule has 1 N–H and O–H groups in total. The molecule has 0 spiro atoms. The number of imidazole rings is 1. The van der Waals surface area contributed by atoms with Crippen molar-refractivity contribution in [3.05, 3.63) is 71.1 Å². The highest BCUT2D eigenvalue weighted by Crippen LogP contribution is 2.29. The maximum Gasteiger partial charge on any atom is 0.269 e. The maximum absolute atomic E-state index is 12.6. The number of hydrogen-bond donors (Lipinski definition) is 1. The Hall–Kier alpha value is -2.90. The number of fused-ring (bicyclic) bond motifs is 1. The molecule has 8 heteroatoms. The molecule has 142 valence electrons. The van der Waals surface area contributed by atoms with Gasteiger partial charge in [-0.3, -0.25) is 14.2 Å². The first-order valence-corrected chi connectivity index (χ1v) is 9.94. The number of nitrogens with zero attached hydrogens (tertiary/aromatic N) is 3. The van der Waals surface area contributed by atoms with Crippen LogP contribution in [0.3, 0.4) is 0 Å². The van der Waals surface area contributed by atoms with Gasteiger partial charge in [0.2, 0.25) is 0 Å². The second-order valence-corrected chi connectivity index (χ2v) is 7.45. The number of hydrogen-bond acceptors (Lipinski definition) is 5. The Labute approximate surface area is 170 Å². The number of rotatable bonds is 6. The summed E-state index contributed by atoms with van der Waals surface area (Å²) in [4.78, 5) is 22.0. The van der Waals surface area contributed by atoms with E-state index in [0.29, 0.717) is 23.0 Å². The van der Waals surface area contributed by atoms with Crippen molar-refractivity contribution in [2.75, 3.05) is 6.54 Å². The summed E-state index contributed by atoms with van der Waals surface area (Å²) in [6.07, 6.45) is 4.96. The molecule has 0 aliphatic rings. The summed E-state index contributed by atoms with van der Waals surface area (Å²) in [6, 6.07) is 11.1. The van der Waals surface area contributed by atoms with Crippen LogP contribution in [0.25, 0.3) is 16.2 Å². The van der Waals surface area contributed by atoms with Gasteiger partial charge in [0.15, 0.2) is 4.96 Å². The van der Waals surface area contributed by atoms with Crippen LogP contribution in [0, 0.1) is 0 Å². The molecule has 0 bridgehead atoms. The van der Waals surface area contributed by atoms with Crippen LogP contribution in [0.4, 0.5) is 0 Å². The molecule has 0 fully saturated rings. The summed E-state index contributed by atoms with van der Waals surface area (Å²) < 4.78 is 7.52. The predicted molar refractivity (Wildman–Crippen MR) is 110 cm³/mol. The summed E-state index contributed by atoms with van der Waals surface area (Å²) in [7, 11) is 0. The first-order valence-electron chi connectivity index (χ1n) is 8.68. The van der Waals surface area contributed by atoms with E-state index in [2.05, 4.69) is 15.3 Å². The number of halogens is 1. The number of aromatic nitrogens is 3. The Morgan fingerprint density at radius 2 is 2.18 bits per heavy atom. The van der Waals surface area contributed by atoms with Crippen molar-refractivity contribution >= 4 is 33.8 Å². The molecule has 0 aliphatic heterocycles. The molecule has 6 nitrogen and oxygen atoms in total. The van der Waals surface area contributed by atoms with E-state index in [1.165, 1.54) is 11.3 Å². The summed E-state index contributed by atoms with van der Waals surface area (Å²) in [5, 5.41) is 5.32. The van der Waals surface area contributed by atoms with E-state index in [9.17, 15) is 4.79 Å². The molecule has 0 aliphatic carbocycles. The van der Waals surface area contributed by atoms with Crippen LogP contribution in [0.2, 0.25) is 5.02 Å². The van der Waals surface area contributed by atoms with Gasteiger partial charge < -0.3 is 10.1 Å². The van der Waals surface area contributed by atoms with Gasteiger partial charge in [0.1, 0.15) is 17.5 Å². The molecular weight excluding hydrogens is 396 g/mol. The molecule has 28 heavy (non-hydrogen) atoms. The van der Waals surface area contributed by atoms with E-state index in [-0.39, 0.29) is 12.0 Å². The van der Waals surface area contributed by atoms with Crippen LogP contribution in [0.15, 0.2) is 60.4 Å². The van der Waals surface area contributed by atoms with Crippen molar-refractivity contribution in [3.63, 3.8) is 0 Å². The fraction of sp³-hybridized carbons (Fsp3) is 0.150. The Kier molecular flexibility index (Phi) is 5.27. The third-order valence-electron chi connectivity index (χ3n) is 4.11. The van der Waals surface area contributed by atoms with Crippen molar-refractivity contribution in [2.45, 2.75) is 13.0 Å². The van der Waals surface area contributed by atoms with Gasteiger partial charge in [-0.1, -0.05) is 29.8 Å². The smallest absolute Gasteiger partial charge is 0.269 e. The van der Waals surface area contributed by atoms with Crippen molar-refractivity contribution < 1.29 is 9.53 Å². The normalized spacial score (nSPS) is 12.1. The SMILES string of the molecule is C[C@H](CNC(=O)c1csc2nc(-c3ccccc3Cl)cn12)Oc1cccnc1. The van der Waals surface area contributed by atoms with Crippen LogP contribution < -0.4 is 10.1 Å². The van der Waals surface area contributed by atoms with Crippen molar-refractivity contribution in [3.8, 4) is 17.0 Å². The average Bonchev–Trinajstić information content (AvgIpc) is 3.28. The van der Waals surface area contributed by atoms with E-state index < -0.39 is 0 Å². The zero-order valence-electron chi connectivity index (χ0n) is 15.0. The van der Waals surface area contributed by atoms with Crippen molar-refractivity contribution in [1.29, 1.82) is 0 Å². The molecule has 4 rings (SSSR count). The fourth-order valence-electron chi connectivity index (χ4n) is 2.76. The predicted octanol–water partition coefficient (Wildman–Crippen LogP) is 4.31. The molecule has 0 unspecified atom stereocenters. The number of ether oxygens (including phenoxy) is 1. The van der Waals surface area contributed by atoms with Crippen molar-refractivity contribution in [2.24, 2.45) is 0 Å². The number of pyridine rings is 1. The summed E-state index contributed by atoms with van der Waals surface area (Å²) >= 11 is 7.67. The second kappa shape index (κ2) is 8.00. The Morgan fingerprint density at radius 1 is 1.32 bits per heavy atom. The molecule has 3 aromatic heterocycles. The monoisotopic (exact) mass is 412 g/mol. The zero-order valence-corrected chi connectivity index (χ0v) is 16.6. The van der Waals surface area contributed by atoms with Crippen LogP contribution >= 0.6 is 22.9 Å². The second-order valence-electron chi connectivity index (χ2n) is 6.21. The van der Waals surface area contributed by atoms with Gasteiger partial charge in [0.25, 0.3) is 5.91 Å². The van der Waals surface area contributed by atoms with Gasteiger partial charge in [-0.15, -0.1) is 11.3 Å². The van der Waals surface area contributed by atoms with Crippen LogP contribution in [-0.4, -0.2) is 32.9 Å². The number of nitrogens with one attached hydrogen (secondary N) is 1. The van der Waals surface area contributed by atoms with E-state index in [1.54, 1.807) is 28.2 Å². The Bertz CT molecular complexity index is 1110. The number of amides is 1. The van der Waals surface area contributed by atoms with E-state index in [0.717, 1.165) is 16.2 Å². The largest absolute Gasteiger partial charge is 0.487 e. The number of carbonyl (C=O) groups excluding carboxylic acids is 1. The summed E-state index contributed by atoms with van der Waals surface area (Å²) in [6.45, 7) is 2.26. The van der Waals surface area contributed by atoms with Crippen LogP contribution in [0.5, 0.6) is 5.75 Å². The lowest BCUT2D eigenvalue weighted by atomic mass is 10.2. The standard InChI is InChI=1S/C20H17ClN4O2S/c1-13(27-14-5-4-8-22-10-14)9-23-19(26)18-12-28-20-24-17(11-25(18)20)15-6-2-3-7-16(15)21/h2-8,10-13H,9H2,1H3,(H,23,26)/t13-/m1/s1. The van der Waals surface area contributed by atoms with Gasteiger partial charge in [0.05, 0.1) is 23.5 Å². The highest BCUT2D eigenvalue weighted by molar-refractivity contribution is 7.15. The van der Waals surface area contributed by atoms with Crippen LogP contribution in [-0.2, 0) is 0 Å². The van der Waals surface area contributed by atoms with Gasteiger partial charge in [-0.05, 0) is 25.1 Å². The van der Waals surface area contributed by atoms with Gasteiger partial charge >= 0.3 is 0 Å². The zero-order chi connectivity index (χ0) is 19.5. The maximum atomic E-state index is 12.6. The average molecular weight is 413 g/mol. The molecule has 0 saturated heterocycles. The third kappa shape index (κ3) is 3.85. The fourth-order valence-corrected chi connectivity index (χ4v) is 3.85. The van der Waals surface area contributed by atoms with E-state index in [1.807, 2.05) is 43.5 Å². The lowest BCUT2D eigenvalue weighted by Crippen LogP contribution is -2.34. The van der Waals surface area contributed by atoms with Crippen molar-refractivity contribution in [1.82, 2.24) is 19.7 Å². The molecule has 1 aromatic carbocycles. The van der Waals surface area contributed by atoms with E-state index >= 15 is 0 Å². The van der Waals surface area contributed by atoms with Gasteiger partial charge in [-0.2, -0.15) is 0 Å². The molecule has 3 heterocycles. The quantitative estimate of drug-likeness (QED) is 0.512. The molecule has 1 amide bonds. The lowest BCUT2D eigenvalue weighted by molar-refractivity contribution is 0.0926. The lowest BCUT2D eigenvalue weighted by Gasteiger charge is -2.14. The molecule has 4 aromatic rings. The first-order chi connectivity index (χ1) is 13.6. The molecular formula is C20H17ClN4O2S. The molecule has 0 radical (unpaired) electrons. The third-order valence-corrected chi connectivity index (χ3v) is 5.28. The minimum absolute atomic E-state index is 0.184. The minimum Gasteiger partial charge on any atom is -0.487 e. The molecule has 0 saturated carbocycles. The highest BCUT2D eigenvalue weighted by atomic mass is 35.5. The first kappa shape index (κ1) is 18.5. The highest BCUT2D eigenvalue weighted by Gasteiger charge is 2.17. The van der Waals surface area contributed by atoms with E-state index in [4.69, 9.17) is 16.3 Å². The number of carbonyl (C=O) groups is 1. The summed E-state index contributed by atoms with van der Waals surface area (Å²) in [5.74, 6) is 0.483. The Morgan fingerprint density at radius 3 is 2.96 bits per heavy atom.